The fourth-order valence-electron chi connectivity index (χ4n) is 1.57. The Hall–Kier alpha value is 0.477. The zero-order chi connectivity index (χ0) is 12.8. The summed E-state index contributed by atoms with van der Waals surface area (Å²) >= 11 is 2.33. The Labute approximate surface area is 106 Å². The van der Waals surface area contributed by atoms with Crippen molar-refractivity contribution in [1.29, 1.82) is 0 Å². The number of hydrogen-bond donors (Lipinski definition) is 0. The number of ether oxygens (including phenoxy) is 1. The van der Waals surface area contributed by atoms with E-state index in [1.165, 1.54) is 0 Å². The van der Waals surface area contributed by atoms with E-state index in [-0.39, 0.29) is 6.61 Å². The summed E-state index contributed by atoms with van der Waals surface area (Å²) in [7, 11) is -2.06. The summed E-state index contributed by atoms with van der Waals surface area (Å²) in [6.45, 7) is 7.88. The molecular weight excluding hydrogens is 298 g/mol. The van der Waals surface area contributed by atoms with Crippen LogP contribution in [-0.2, 0) is 9.16 Å². The maximum atomic E-state index is 13.2. The first-order chi connectivity index (χ1) is 7.35. The highest BCUT2D eigenvalue weighted by Gasteiger charge is 2.44. The van der Waals surface area contributed by atoms with Crippen molar-refractivity contribution in [3.05, 3.63) is 0 Å². The van der Waals surface area contributed by atoms with Gasteiger partial charge in [0.15, 0.2) is 8.32 Å². The minimum absolute atomic E-state index is 0.216. The molecule has 0 radical (unpaired) electrons. The normalized spacial score (nSPS) is 15.2. The minimum Gasteiger partial charge on any atom is -0.387 e. The van der Waals surface area contributed by atoms with Gasteiger partial charge >= 0.3 is 4.83 Å². The summed E-state index contributed by atoms with van der Waals surface area (Å²) < 4.78 is 37.0. The second kappa shape index (κ2) is 7.03. The third kappa shape index (κ3) is 4.77. The van der Waals surface area contributed by atoms with E-state index in [4.69, 9.17) is 9.16 Å². The van der Waals surface area contributed by atoms with E-state index >= 15 is 0 Å². The highest BCUT2D eigenvalue weighted by atomic mass is 79.9. The molecule has 0 bridgehead atoms. The SMILES string of the molecule is CCO[C@H](O[Si](CC)(CC)CC)C(F)(F)Br. The molecule has 0 saturated carbocycles. The van der Waals surface area contributed by atoms with Gasteiger partial charge in [0.25, 0.3) is 0 Å². The first kappa shape index (κ1) is 16.5. The third-order valence-electron chi connectivity index (χ3n) is 2.88. The van der Waals surface area contributed by atoms with Gasteiger partial charge in [-0.3, -0.25) is 0 Å². The average Bonchev–Trinajstić information content (AvgIpc) is 2.23. The van der Waals surface area contributed by atoms with E-state index < -0.39 is 19.4 Å². The van der Waals surface area contributed by atoms with E-state index in [1.807, 2.05) is 20.8 Å². The van der Waals surface area contributed by atoms with Gasteiger partial charge < -0.3 is 9.16 Å². The second-order valence-electron chi connectivity index (χ2n) is 3.69. The topological polar surface area (TPSA) is 18.5 Å². The molecule has 0 aromatic rings. The highest BCUT2D eigenvalue weighted by Crippen LogP contribution is 2.34. The van der Waals surface area contributed by atoms with Crippen molar-refractivity contribution in [1.82, 2.24) is 0 Å². The molecule has 98 valence electrons. The predicted octanol–water partition coefficient (Wildman–Crippen LogP) is 4.36. The molecule has 0 N–H and O–H groups in total. The largest absolute Gasteiger partial charge is 0.387 e. The lowest BCUT2D eigenvalue weighted by Crippen LogP contribution is -2.46. The Morgan fingerprint density at radius 1 is 1.12 bits per heavy atom. The number of halogens is 3. The zero-order valence-corrected chi connectivity index (χ0v) is 12.9. The van der Waals surface area contributed by atoms with Crippen molar-refractivity contribution in [3.63, 3.8) is 0 Å². The molecule has 0 saturated heterocycles. The Kier molecular flexibility index (Phi) is 7.24. The molecule has 0 heterocycles. The van der Waals surface area contributed by atoms with Crippen LogP contribution < -0.4 is 0 Å². The van der Waals surface area contributed by atoms with E-state index in [9.17, 15) is 8.78 Å². The van der Waals surface area contributed by atoms with E-state index in [0.717, 1.165) is 18.1 Å². The number of hydrogen-bond acceptors (Lipinski definition) is 2. The van der Waals surface area contributed by atoms with Crippen LogP contribution in [0.2, 0.25) is 18.1 Å². The van der Waals surface area contributed by atoms with Crippen LogP contribution in [0, 0.1) is 0 Å². The van der Waals surface area contributed by atoms with Crippen LogP contribution in [0.25, 0.3) is 0 Å². The molecule has 0 amide bonds. The third-order valence-corrected chi connectivity index (χ3v) is 7.83. The van der Waals surface area contributed by atoms with Gasteiger partial charge in [-0.2, -0.15) is 8.78 Å². The molecule has 16 heavy (non-hydrogen) atoms. The zero-order valence-electron chi connectivity index (χ0n) is 10.4. The monoisotopic (exact) mass is 318 g/mol. The summed E-state index contributed by atoms with van der Waals surface area (Å²) in [6, 6.07) is 2.48. The molecule has 0 spiro atoms. The van der Waals surface area contributed by atoms with E-state index in [2.05, 4.69) is 15.9 Å². The summed E-state index contributed by atoms with van der Waals surface area (Å²) in [5.41, 5.74) is 0. The van der Waals surface area contributed by atoms with Gasteiger partial charge in [0.1, 0.15) is 0 Å². The summed E-state index contributed by atoms with van der Waals surface area (Å²) in [6.07, 6.45) is -1.47. The van der Waals surface area contributed by atoms with Crippen LogP contribution in [0.4, 0.5) is 8.78 Å². The van der Waals surface area contributed by atoms with Crippen LogP contribution in [0.5, 0.6) is 0 Å². The van der Waals surface area contributed by atoms with Crippen molar-refractivity contribution in [2.75, 3.05) is 6.61 Å². The van der Waals surface area contributed by atoms with Gasteiger partial charge in [-0.15, -0.1) is 0 Å². The van der Waals surface area contributed by atoms with Gasteiger partial charge in [0, 0.05) is 6.61 Å². The molecule has 1 atom stereocenters. The lowest BCUT2D eigenvalue weighted by Gasteiger charge is -2.34. The molecule has 0 aromatic heterocycles. The molecule has 6 heteroatoms. The molecule has 0 aliphatic rings. The summed E-state index contributed by atoms with van der Waals surface area (Å²) in [4.78, 5) is -3.12. The predicted molar refractivity (Wildman–Crippen MR) is 67.6 cm³/mol. The van der Waals surface area contributed by atoms with Crippen molar-refractivity contribution in [2.24, 2.45) is 0 Å². The lowest BCUT2D eigenvalue weighted by molar-refractivity contribution is -0.176. The minimum atomic E-state index is -3.12. The Morgan fingerprint density at radius 3 is 1.81 bits per heavy atom. The molecule has 0 fully saturated rings. The molecule has 0 aliphatic carbocycles. The van der Waals surface area contributed by atoms with Gasteiger partial charge in [-0.25, -0.2) is 0 Å². The van der Waals surface area contributed by atoms with Gasteiger partial charge in [-0.05, 0) is 41.0 Å². The molecule has 0 rings (SSSR count). The van der Waals surface area contributed by atoms with Gasteiger partial charge in [-0.1, -0.05) is 20.8 Å². The van der Waals surface area contributed by atoms with E-state index in [0.29, 0.717) is 0 Å². The lowest BCUT2D eigenvalue weighted by atomic mass is 10.7. The fraction of sp³-hybridized carbons (Fsp3) is 1.00. The number of rotatable bonds is 8. The van der Waals surface area contributed by atoms with Crippen LogP contribution in [0.3, 0.4) is 0 Å². The molecular formula is C10H21BrF2O2Si. The first-order valence-electron chi connectivity index (χ1n) is 5.71. The first-order valence-corrected chi connectivity index (χ1v) is 9.03. The quantitative estimate of drug-likeness (QED) is 0.376. The maximum Gasteiger partial charge on any atom is 0.350 e. The van der Waals surface area contributed by atoms with Crippen molar-refractivity contribution in [2.45, 2.75) is 56.9 Å². The standard InChI is InChI=1S/C10H21BrF2O2Si/c1-5-14-9(10(11,12)13)15-16(6-2,7-3)8-4/h9H,5-8H2,1-4H3/t9-/m1/s1. The van der Waals surface area contributed by atoms with Crippen molar-refractivity contribution >= 4 is 24.2 Å². The average molecular weight is 319 g/mol. The molecule has 2 nitrogen and oxygen atoms in total. The van der Waals surface area contributed by atoms with E-state index in [1.54, 1.807) is 6.92 Å². The van der Waals surface area contributed by atoms with Crippen LogP contribution >= 0.6 is 15.9 Å². The van der Waals surface area contributed by atoms with Crippen LogP contribution in [0.15, 0.2) is 0 Å². The van der Waals surface area contributed by atoms with Crippen LogP contribution in [0.1, 0.15) is 27.7 Å². The Balaban J connectivity index is 4.70. The number of alkyl halides is 3. The van der Waals surface area contributed by atoms with Gasteiger partial charge in [0.2, 0.25) is 6.29 Å². The molecule has 0 unspecified atom stereocenters. The summed E-state index contributed by atoms with van der Waals surface area (Å²) in [5.74, 6) is 0. The van der Waals surface area contributed by atoms with Crippen molar-refractivity contribution in [3.8, 4) is 0 Å². The maximum absolute atomic E-state index is 13.2. The Morgan fingerprint density at radius 2 is 1.56 bits per heavy atom. The second-order valence-corrected chi connectivity index (χ2v) is 9.47. The molecule has 0 aromatic carbocycles. The smallest absolute Gasteiger partial charge is 0.350 e. The summed E-state index contributed by atoms with van der Waals surface area (Å²) in [5, 5.41) is 0. The highest BCUT2D eigenvalue weighted by molar-refractivity contribution is 9.10. The fourth-order valence-corrected chi connectivity index (χ4v) is 4.64. The molecule has 0 aliphatic heterocycles. The van der Waals surface area contributed by atoms with Gasteiger partial charge in [0.05, 0.1) is 0 Å². The van der Waals surface area contributed by atoms with Crippen molar-refractivity contribution < 1.29 is 17.9 Å². The van der Waals surface area contributed by atoms with Crippen LogP contribution in [-0.4, -0.2) is 26.0 Å². The Bertz CT molecular complexity index is 187.